The van der Waals surface area contributed by atoms with Gasteiger partial charge in [0.2, 0.25) is 0 Å². The van der Waals surface area contributed by atoms with Gasteiger partial charge in [-0.1, -0.05) is 36.4 Å². The summed E-state index contributed by atoms with van der Waals surface area (Å²) in [6, 6.07) is 14.6. The molecule has 2 N–H and O–H groups in total. The predicted octanol–water partition coefficient (Wildman–Crippen LogP) is 2.39. The lowest BCUT2D eigenvalue weighted by atomic mass is 10.1. The molecule has 0 aliphatic carbocycles. The van der Waals surface area contributed by atoms with E-state index in [0.717, 1.165) is 11.1 Å². The summed E-state index contributed by atoms with van der Waals surface area (Å²) >= 11 is 0. The number of hydrogen-bond donors (Lipinski definition) is 2. The van der Waals surface area contributed by atoms with Gasteiger partial charge >= 0.3 is 5.97 Å². The van der Waals surface area contributed by atoms with Crippen molar-refractivity contribution in [2.45, 2.75) is 19.6 Å². The molecular weight excluding hydrogens is 256 g/mol. The highest BCUT2D eigenvalue weighted by Crippen LogP contribution is 2.16. The van der Waals surface area contributed by atoms with Crippen molar-refractivity contribution in [2.24, 2.45) is 0 Å². The number of aliphatic carboxylic acids is 1. The van der Waals surface area contributed by atoms with Gasteiger partial charge in [-0.3, -0.25) is 4.79 Å². The van der Waals surface area contributed by atoms with Gasteiger partial charge in [-0.15, -0.1) is 0 Å². The molecule has 20 heavy (non-hydrogen) atoms. The summed E-state index contributed by atoms with van der Waals surface area (Å²) in [5, 5.41) is 17.7. The van der Waals surface area contributed by atoms with Crippen molar-refractivity contribution >= 4 is 5.97 Å². The molecule has 0 radical (unpaired) electrons. The van der Waals surface area contributed by atoms with Crippen molar-refractivity contribution in [3.05, 3.63) is 65.2 Å². The Kier molecular flexibility index (Phi) is 4.74. The SMILES string of the molecule is O=C(O)Cc1cccc(OCc2ccc(CO)cc2)c1. The molecule has 4 heteroatoms. The van der Waals surface area contributed by atoms with Crippen molar-refractivity contribution in [2.75, 3.05) is 0 Å². The third kappa shape index (κ3) is 4.10. The molecule has 0 bridgehead atoms. The zero-order valence-corrected chi connectivity index (χ0v) is 11.0. The Labute approximate surface area is 117 Å². The Bertz CT molecular complexity index is 575. The van der Waals surface area contributed by atoms with E-state index in [1.54, 1.807) is 24.3 Å². The highest BCUT2D eigenvalue weighted by atomic mass is 16.5. The molecule has 2 rings (SSSR count). The van der Waals surface area contributed by atoms with Crippen LogP contribution < -0.4 is 4.74 Å². The number of rotatable bonds is 6. The Morgan fingerprint density at radius 2 is 1.70 bits per heavy atom. The maximum Gasteiger partial charge on any atom is 0.307 e. The van der Waals surface area contributed by atoms with E-state index in [9.17, 15) is 4.79 Å². The van der Waals surface area contributed by atoms with E-state index in [-0.39, 0.29) is 13.0 Å². The number of carboxylic acids is 1. The molecule has 0 saturated heterocycles. The molecule has 0 fully saturated rings. The molecule has 104 valence electrons. The van der Waals surface area contributed by atoms with Gasteiger partial charge in [-0.05, 0) is 28.8 Å². The fourth-order valence-electron chi connectivity index (χ4n) is 1.83. The van der Waals surface area contributed by atoms with E-state index in [1.165, 1.54) is 0 Å². The van der Waals surface area contributed by atoms with Crippen molar-refractivity contribution in [3.8, 4) is 5.75 Å². The summed E-state index contributed by atoms with van der Waals surface area (Å²) in [7, 11) is 0. The summed E-state index contributed by atoms with van der Waals surface area (Å²) < 4.78 is 5.63. The minimum Gasteiger partial charge on any atom is -0.489 e. The maximum atomic E-state index is 10.7. The van der Waals surface area contributed by atoms with Gasteiger partial charge in [0.1, 0.15) is 12.4 Å². The molecule has 0 aromatic heterocycles. The Morgan fingerprint density at radius 3 is 2.35 bits per heavy atom. The molecule has 0 heterocycles. The van der Waals surface area contributed by atoms with E-state index in [0.29, 0.717) is 17.9 Å². The van der Waals surface area contributed by atoms with Crippen molar-refractivity contribution in [3.63, 3.8) is 0 Å². The summed E-state index contributed by atoms with van der Waals surface area (Å²) in [6.45, 7) is 0.431. The monoisotopic (exact) mass is 272 g/mol. The highest BCUT2D eigenvalue weighted by Gasteiger charge is 2.02. The van der Waals surface area contributed by atoms with Crippen molar-refractivity contribution in [1.82, 2.24) is 0 Å². The molecule has 4 nitrogen and oxygen atoms in total. The van der Waals surface area contributed by atoms with Crippen LogP contribution in [0, 0.1) is 0 Å². The summed E-state index contributed by atoms with van der Waals surface area (Å²) in [6.07, 6.45) is -0.0115. The van der Waals surface area contributed by atoms with Gasteiger partial charge in [0.05, 0.1) is 13.0 Å². The van der Waals surface area contributed by atoms with Gasteiger partial charge in [0, 0.05) is 0 Å². The van der Waals surface area contributed by atoms with Crippen LogP contribution in [0.15, 0.2) is 48.5 Å². The second-order valence-electron chi connectivity index (χ2n) is 4.48. The molecule has 0 unspecified atom stereocenters. The van der Waals surface area contributed by atoms with E-state index in [4.69, 9.17) is 14.9 Å². The van der Waals surface area contributed by atoms with Gasteiger partial charge in [-0.2, -0.15) is 0 Å². The fourth-order valence-corrected chi connectivity index (χ4v) is 1.83. The number of aliphatic hydroxyl groups excluding tert-OH is 1. The van der Waals surface area contributed by atoms with E-state index in [2.05, 4.69) is 0 Å². The third-order valence-corrected chi connectivity index (χ3v) is 2.86. The van der Waals surface area contributed by atoms with E-state index >= 15 is 0 Å². The molecule has 0 saturated carbocycles. The molecule has 0 atom stereocenters. The number of benzene rings is 2. The van der Waals surface area contributed by atoms with Crippen molar-refractivity contribution < 1.29 is 19.7 Å². The quantitative estimate of drug-likeness (QED) is 0.847. The van der Waals surface area contributed by atoms with E-state index < -0.39 is 5.97 Å². The minimum atomic E-state index is -0.859. The first kappa shape index (κ1) is 14.1. The molecule has 2 aromatic carbocycles. The lowest BCUT2D eigenvalue weighted by molar-refractivity contribution is -0.136. The number of aliphatic hydroxyl groups is 1. The zero-order chi connectivity index (χ0) is 14.4. The number of carboxylic acid groups (broad SMARTS) is 1. The second-order valence-corrected chi connectivity index (χ2v) is 4.48. The topological polar surface area (TPSA) is 66.8 Å². The van der Waals surface area contributed by atoms with Gasteiger partial charge in [-0.25, -0.2) is 0 Å². The second kappa shape index (κ2) is 6.73. The lowest BCUT2D eigenvalue weighted by Crippen LogP contribution is -2.01. The molecule has 2 aromatic rings. The van der Waals surface area contributed by atoms with E-state index in [1.807, 2.05) is 24.3 Å². The molecule has 0 amide bonds. The smallest absolute Gasteiger partial charge is 0.307 e. The number of hydrogen-bond acceptors (Lipinski definition) is 3. The van der Waals surface area contributed by atoms with Crippen LogP contribution in [0.3, 0.4) is 0 Å². The first-order valence-corrected chi connectivity index (χ1v) is 6.29. The average molecular weight is 272 g/mol. The van der Waals surface area contributed by atoms with Crippen LogP contribution in [0.2, 0.25) is 0 Å². The summed E-state index contributed by atoms with van der Waals surface area (Å²) in [5.41, 5.74) is 2.56. The van der Waals surface area contributed by atoms with Crippen LogP contribution in [0.25, 0.3) is 0 Å². The van der Waals surface area contributed by atoms with Crippen LogP contribution in [-0.4, -0.2) is 16.2 Å². The molecule has 0 aliphatic rings. The zero-order valence-electron chi connectivity index (χ0n) is 11.0. The van der Waals surface area contributed by atoms with Crippen LogP contribution >= 0.6 is 0 Å². The summed E-state index contributed by atoms with van der Waals surface area (Å²) in [5.74, 6) is -0.211. The Hall–Kier alpha value is -2.33. The van der Waals surface area contributed by atoms with Gasteiger partial charge < -0.3 is 14.9 Å². The summed E-state index contributed by atoms with van der Waals surface area (Å²) in [4.78, 5) is 10.7. The Morgan fingerprint density at radius 1 is 1.00 bits per heavy atom. The normalized spacial score (nSPS) is 10.2. The van der Waals surface area contributed by atoms with Gasteiger partial charge in [0.25, 0.3) is 0 Å². The van der Waals surface area contributed by atoms with Crippen LogP contribution in [0.4, 0.5) is 0 Å². The van der Waals surface area contributed by atoms with Crippen LogP contribution in [0.5, 0.6) is 5.75 Å². The lowest BCUT2D eigenvalue weighted by Gasteiger charge is -2.08. The number of carbonyl (C=O) groups is 1. The molecule has 0 aliphatic heterocycles. The number of ether oxygens (including phenoxy) is 1. The van der Waals surface area contributed by atoms with Crippen molar-refractivity contribution in [1.29, 1.82) is 0 Å². The Balaban J connectivity index is 1.97. The highest BCUT2D eigenvalue weighted by molar-refractivity contribution is 5.70. The third-order valence-electron chi connectivity index (χ3n) is 2.86. The average Bonchev–Trinajstić information content (AvgIpc) is 2.45. The van der Waals surface area contributed by atoms with Crippen LogP contribution in [0.1, 0.15) is 16.7 Å². The van der Waals surface area contributed by atoms with Gasteiger partial charge in [0.15, 0.2) is 0 Å². The molecule has 0 spiro atoms. The first-order chi connectivity index (χ1) is 9.67. The first-order valence-electron chi connectivity index (χ1n) is 6.29. The molecular formula is C16H16O4. The largest absolute Gasteiger partial charge is 0.489 e. The predicted molar refractivity (Wildman–Crippen MR) is 74.5 cm³/mol. The minimum absolute atomic E-state index is 0.0115. The fraction of sp³-hybridized carbons (Fsp3) is 0.188. The standard InChI is InChI=1S/C16H16O4/c17-10-12-4-6-13(7-5-12)11-20-15-3-1-2-14(8-15)9-16(18)19/h1-8,17H,9-11H2,(H,18,19). The maximum absolute atomic E-state index is 10.7. The van der Waals surface area contributed by atoms with Crippen LogP contribution in [-0.2, 0) is 24.4 Å².